The molecule has 2 aliphatic rings. The number of nitrogens with one attached hydrogen (secondary N) is 1. The second-order valence-electron chi connectivity index (χ2n) is 7.67. The molecule has 0 radical (unpaired) electrons. The molecule has 3 heterocycles. The molecule has 0 aliphatic carbocycles. The molecule has 2 atom stereocenters. The number of hydrogen-bond donors (Lipinski definition) is 1. The van der Waals surface area contributed by atoms with Crippen LogP contribution in [0.4, 0.5) is 0 Å². The molecule has 0 spiro atoms. The number of nitrogens with zero attached hydrogens (tertiary/aromatic N) is 1. The quantitative estimate of drug-likeness (QED) is 0.832. The Labute approximate surface area is 159 Å². The topological polar surface area (TPSA) is 54.1 Å². The lowest BCUT2D eigenvalue weighted by molar-refractivity contribution is -0.906. The number of carbonyl (C=O) groups excluding carboxylic acids is 1. The first-order valence-corrected chi connectivity index (χ1v) is 9.53. The fraction of sp³-hybridized carbons (Fsp3) is 0.476. The second-order valence-corrected chi connectivity index (χ2v) is 7.67. The highest BCUT2D eigenvalue weighted by Gasteiger charge is 2.29. The number of benzene rings is 1. The largest absolute Gasteiger partial charge is 0.454 e. The molecule has 2 aliphatic heterocycles. The van der Waals surface area contributed by atoms with Gasteiger partial charge in [-0.2, -0.15) is 0 Å². The Kier molecular flexibility index (Phi) is 4.70. The zero-order valence-electron chi connectivity index (χ0n) is 16.4. The zero-order valence-corrected chi connectivity index (χ0v) is 16.4. The standard InChI is InChI=1S/C21H26N2O4/c1-13-7-18(19(24)11-22-9-14(2)27-15(3)10-22)16(4)23(13)17-5-6-20-21(8-17)26-12-25-20/h5-8,14-15H,9-12H2,1-4H3/p+1/t14-,15-/m0/s1. The molecular formula is C21H27N2O4+. The van der Waals surface area contributed by atoms with Gasteiger partial charge in [0.05, 0.1) is 0 Å². The summed E-state index contributed by atoms with van der Waals surface area (Å²) in [4.78, 5) is 14.3. The van der Waals surface area contributed by atoms with Gasteiger partial charge < -0.3 is 23.7 Å². The fourth-order valence-electron chi connectivity index (χ4n) is 4.32. The number of rotatable bonds is 4. The average molecular weight is 371 g/mol. The molecule has 144 valence electrons. The van der Waals surface area contributed by atoms with Crippen molar-refractivity contribution >= 4 is 5.78 Å². The molecule has 2 aromatic rings. The van der Waals surface area contributed by atoms with Crippen molar-refractivity contribution in [3.63, 3.8) is 0 Å². The van der Waals surface area contributed by atoms with Crippen molar-refractivity contribution in [1.82, 2.24) is 4.57 Å². The van der Waals surface area contributed by atoms with E-state index in [0.29, 0.717) is 6.54 Å². The fourth-order valence-corrected chi connectivity index (χ4v) is 4.32. The van der Waals surface area contributed by atoms with Crippen LogP contribution in [0.25, 0.3) is 5.69 Å². The number of fused-ring (bicyclic) bond motifs is 1. The molecule has 0 unspecified atom stereocenters. The summed E-state index contributed by atoms with van der Waals surface area (Å²) in [5.41, 5.74) is 3.78. The van der Waals surface area contributed by atoms with Crippen molar-refractivity contribution in [1.29, 1.82) is 0 Å². The highest BCUT2D eigenvalue weighted by Crippen LogP contribution is 2.34. The Morgan fingerprint density at radius 2 is 1.81 bits per heavy atom. The van der Waals surface area contributed by atoms with Gasteiger partial charge in [-0.1, -0.05) is 0 Å². The molecule has 1 fully saturated rings. The highest BCUT2D eigenvalue weighted by atomic mass is 16.7. The van der Waals surface area contributed by atoms with E-state index in [-0.39, 0.29) is 24.8 Å². The summed E-state index contributed by atoms with van der Waals surface area (Å²) in [5.74, 6) is 1.69. The number of aryl methyl sites for hydroxylation is 1. The number of morpholine rings is 1. The van der Waals surface area contributed by atoms with Crippen molar-refractivity contribution in [3.05, 3.63) is 41.2 Å². The molecule has 1 N–H and O–H groups in total. The normalized spacial score (nSPS) is 24.2. The van der Waals surface area contributed by atoms with Crippen LogP contribution in [-0.2, 0) is 4.74 Å². The van der Waals surface area contributed by atoms with Gasteiger partial charge in [0.1, 0.15) is 31.8 Å². The minimum Gasteiger partial charge on any atom is -0.454 e. The summed E-state index contributed by atoms with van der Waals surface area (Å²) in [6.45, 7) is 10.7. The molecule has 0 bridgehead atoms. The van der Waals surface area contributed by atoms with Crippen LogP contribution in [0.3, 0.4) is 0 Å². The third-order valence-electron chi connectivity index (χ3n) is 5.37. The summed E-state index contributed by atoms with van der Waals surface area (Å²) in [6.07, 6.45) is 0.384. The predicted molar refractivity (Wildman–Crippen MR) is 101 cm³/mol. The van der Waals surface area contributed by atoms with Crippen molar-refractivity contribution < 1.29 is 23.9 Å². The maximum Gasteiger partial charge on any atom is 0.231 e. The first-order chi connectivity index (χ1) is 12.9. The van der Waals surface area contributed by atoms with Crippen molar-refractivity contribution in [2.45, 2.75) is 39.9 Å². The van der Waals surface area contributed by atoms with Gasteiger partial charge in [0.15, 0.2) is 11.5 Å². The number of ether oxygens (including phenoxy) is 3. The minimum atomic E-state index is 0.186. The Morgan fingerprint density at radius 3 is 2.56 bits per heavy atom. The van der Waals surface area contributed by atoms with Gasteiger partial charge in [0.25, 0.3) is 0 Å². The average Bonchev–Trinajstić information content (AvgIpc) is 3.17. The van der Waals surface area contributed by atoms with Crippen LogP contribution in [-0.4, -0.2) is 49.0 Å². The number of ketones is 1. The van der Waals surface area contributed by atoms with E-state index >= 15 is 0 Å². The summed E-state index contributed by atoms with van der Waals surface area (Å²) < 4.78 is 18.8. The van der Waals surface area contributed by atoms with Gasteiger partial charge in [-0.3, -0.25) is 4.79 Å². The first kappa shape index (κ1) is 18.1. The summed E-state index contributed by atoms with van der Waals surface area (Å²) in [5, 5.41) is 0. The van der Waals surface area contributed by atoms with Gasteiger partial charge in [-0.05, 0) is 45.9 Å². The number of hydrogen-bond acceptors (Lipinski definition) is 4. The van der Waals surface area contributed by atoms with Crippen LogP contribution < -0.4 is 14.4 Å². The molecule has 27 heavy (non-hydrogen) atoms. The molecule has 1 aromatic heterocycles. The van der Waals surface area contributed by atoms with Gasteiger partial charge in [-0.15, -0.1) is 0 Å². The zero-order chi connectivity index (χ0) is 19.1. The van der Waals surface area contributed by atoms with Crippen LogP contribution in [0.2, 0.25) is 0 Å². The Balaban J connectivity index is 1.58. The van der Waals surface area contributed by atoms with Crippen LogP contribution in [0.15, 0.2) is 24.3 Å². The molecule has 1 aromatic carbocycles. The number of Topliss-reactive ketones (excluding diaryl/α,β-unsaturated/α-hetero) is 1. The summed E-state index contributed by atoms with van der Waals surface area (Å²) >= 11 is 0. The number of quaternary nitrogens is 1. The monoisotopic (exact) mass is 371 g/mol. The maximum atomic E-state index is 13.0. The SMILES string of the molecule is Cc1cc(C(=O)C[NH+]2C[C@H](C)O[C@@H](C)C2)c(C)n1-c1ccc2c(c1)OCO2. The lowest BCUT2D eigenvalue weighted by atomic mass is 10.1. The van der Waals surface area contributed by atoms with Crippen LogP contribution >= 0.6 is 0 Å². The molecular weight excluding hydrogens is 344 g/mol. The third-order valence-corrected chi connectivity index (χ3v) is 5.37. The minimum absolute atomic E-state index is 0.186. The van der Waals surface area contributed by atoms with Crippen molar-refractivity contribution in [2.75, 3.05) is 26.4 Å². The summed E-state index contributed by atoms with van der Waals surface area (Å²) in [7, 11) is 0. The van der Waals surface area contributed by atoms with E-state index in [1.54, 1.807) is 0 Å². The first-order valence-electron chi connectivity index (χ1n) is 9.53. The lowest BCUT2D eigenvalue weighted by Gasteiger charge is -2.31. The Morgan fingerprint density at radius 1 is 1.11 bits per heavy atom. The lowest BCUT2D eigenvalue weighted by Crippen LogP contribution is -3.16. The van der Waals surface area contributed by atoms with E-state index in [0.717, 1.165) is 47.2 Å². The van der Waals surface area contributed by atoms with Crippen LogP contribution in [0.5, 0.6) is 11.5 Å². The third kappa shape index (κ3) is 3.47. The van der Waals surface area contributed by atoms with E-state index in [1.165, 1.54) is 4.90 Å². The van der Waals surface area contributed by atoms with E-state index in [4.69, 9.17) is 14.2 Å². The number of carbonyl (C=O) groups is 1. The smallest absolute Gasteiger partial charge is 0.231 e. The molecule has 1 saturated heterocycles. The molecule has 0 saturated carbocycles. The van der Waals surface area contributed by atoms with Gasteiger partial charge in [0, 0.05) is 28.7 Å². The van der Waals surface area contributed by atoms with E-state index in [1.807, 2.05) is 38.1 Å². The van der Waals surface area contributed by atoms with Crippen LogP contribution in [0.1, 0.15) is 35.6 Å². The van der Waals surface area contributed by atoms with Gasteiger partial charge in [-0.25, -0.2) is 0 Å². The van der Waals surface area contributed by atoms with Gasteiger partial charge in [0.2, 0.25) is 12.6 Å². The Hall–Kier alpha value is -2.31. The number of aromatic nitrogens is 1. The van der Waals surface area contributed by atoms with Crippen molar-refractivity contribution in [3.8, 4) is 17.2 Å². The van der Waals surface area contributed by atoms with E-state index < -0.39 is 0 Å². The van der Waals surface area contributed by atoms with Gasteiger partial charge >= 0.3 is 0 Å². The highest BCUT2D eigenvalue weighted by molar-refractivity contribution is 5.98. The second kappa shape index (κ2) is 7.02. The Bertz CT molecular complexity index is 863. The maximum absolute atomic E-state index is 13.0. The summed E-state index contributed by atoms with van der Waals surface area (Å²) in [6, 6.07) is 7.87. The molecule has 6 nitrogen and oxygen atoms in total. The van der Waals surface area contributed by atoms with E-state index in [9.17, 15) is 4.79 Å². The van der Waals surface area contributed by atoms with Crippen molar-refractivity contribution in [2.24, 2.45) is 0 Å². The molecule has 4 rings (SSSR count). The molecule has 6 heteroatoms. The predicted octanol–water partition coefficient (Wildman–Crippen LogP) is 1.70. The molecule has 0 amide bonds. The van der Waals surface area contributed by atoms with Crippen LogP contribution in [0, 0.1) is 13.8 Å². The van der Waals surface area contributed by atoms with E-state index in [2.05, 4.69) is 18.4 Å².